The molecular formula is C22H19N3O3. The van der Waals surface area contributed by atoms with Gasteiger partial charge in [0.1, 0.15) is 0 Å². The van der Waals surface area contributed by atoms with Crippen LogP contribution in [0.4, 0.5) is 0 Å². The van der Waals surface area contributed by atoms with Gasteiger partial charge in [-0.1, -0.05) is 35.9 Å². The van der Waals surface area contributed by atoms with Crippen molar-refractivity contribution < 1.29 is 9.21 Å². The zero-order valence-corrected chi connectivity index (χ0v) is 15.4. The lowest BCUT2D eigenvalue weighted by molar-refractivity contribution is 0.0951. The Morgan fingerprint density at radius 3 is 2.68 bits per heavy atom. The van der Waals surface area contributed by atoms with Crippen LogP contribution in [0.2, 0.25) is 0 Å². The fourth-order valence-corrected chi connectivity index (χ4v) is 3.02. The highest BCUT2D eigenvalue weighted by atomic mass is 16.4. The topological polar surface area (TPSA) is 77.1 Å². The number of aromatic nitrogens is 2. The van der Waals surface area contributed by atoms with Gasteiger partial charge in [0.25, 0.3) is 5.91 Å². The highest BCUT2D eigenvalue weighted by molar-refractivity contribution is 5.97. The van der Waals surface area contributed by atoms with Crippen LogP contribution >= 0.6 is 0 Å². The van der Waals surface area contributed by atoms with E-state index in [4.69, 9.17) is 4.42 Å². The van der Waals surface area contributed by atoms with E-state index in [0.29, 0.717) is 29.8 Å². The molecule has 0 aliphatic carbocycles. The summed E-state index contributed by atoms with van der Waals surface area (Å²) < 4.78 is 6.87. The SMILES string of the molecule is Cc1ccc(Cn2c(=O)oc3ccc(C(=O)NCc4cccnc4)cc32)cc1. The van der Waals surface area contributed by atoms with Crippen LogP contribution in [0, 0.1) is 6.92 Å². The third kappa shape index (κ3) is 3.71. The Kier molecular flexibility index (Phi) is 4.76. The minimum Gasteiger partial charge on any atom is -0.408 e. The second kappa shape index (κ2) is 7.52. The van der Waals surface area contributed by atoms with Crippen molar-refractivity contribution in [2.75, 3.05) is 0 Å². The van der Waals surface area contributed by atoms with Crippen LogP contribution in [-0.2, 0) is 13.1 Å². The Labute approximate surface area is 161 Å². The molecule has 0 bridgehead atoms. The van der Waals surface area contributed by atoms with E-state index in [2.05, 4.69) is 10.3 Å². The molecule has 1 N–H and O–H groups in total. The van der Waals surface area contributed by atoms with Gasteiger partial charge in [-0.05, 0) is 42.3 Å². The highest BCUT2D eigenvalue weighted by Crippen LogP contribution is 2.17. The molecule has 6 heteroatoms. The van der Waals surface area contributed by atoms with E-state index in [0.717, 1.165) is 16.7 Å². The first kappa shape index (κ1) is 17.7. The monoisotopic (exact) mass is 373 g/mol. The van der Waals surface area contributed by atoms with Gasteiger partial charge in [-0.15, -0.1) is 0 Å². The number of pyridine rings is 1. The van der Waals surface area contributed by atoms with E-state index in [1.54, 1.807) is 30.6 Å². The normalized spacial score (nSPS) is 10.9. The van der Waals surface area contributed by atoms with E-state index in [1.165, 1.54) is 4.57 Å². The van der Waals surface area contributed by atoms with Crippen LogP contribution in [0.15, 0.2) is 76.2 Å². The largest absolute Gasteiger partial charge is 0.420 e. The molecule has 28 heavy (non-hydrogen) atoms. The van der Waals surface area contributed by atoms with Crippen molar-refractivity contribution in [1.82, 2.24) is 14.9 Å². The van der Waals surface area contributed by atoms with Gasteiger partial charge in [0.2, 0.25) is 0 Å². The summed E-state index contributed by atoms with van der Waals surface area (Å²) in [6.45, 7) is 2.78. The fourth-order valence-electron chi connectivity index (χ4n) is 3.02. The maximum Gasteiger partial charge on any atom is 0.420 e. The van der Waals surface area contributed by atoms with E-state index in [1.807, 2.05) is 43.3 Å². The van der Waals surface area contributed by atoms with Gasteiger partial charge in [-0.25, -0.2) is 4.79 Å². The Bertz CT molecular complexity index is 1180. The fraction of sp³-hybridized carbons (Fsp3) is 0.136. The molecule has 0 aliphatic rings. The molecule has 2 heterocycles. The Hall–Kier alpha value is -3.67. The average Bonchev–Trinajstić information content (AvgIpc) is 3.03. The maximum atomic E-state index is 12.5. The number of rotatable bonds is 5. The van der Waals surface area contributed by atoms with Crippen molar-refractivity contribution in [2.45, 2.75) is 20.0 Å². The van der Waals surface area contributed by atoms with Crippen LogP contribution < -0.4 is 11.1 Å². The van der Waals surface area contributed by atoms with E-state index in [-0.39, 0.29) is 5.91 Å². The summed E-state index contributed by atoms with van der Waals surface area (Å²) in [4.78, 5) is 28.9. The number of amides is 1. The first-order valence-corrected chi connectivity index (χ1v) is 8.96. The summed E-state index contributed by atoms with van der Waals surface area (Å²) in [6.07, 6.45) is 3.39. The Morgan fingerprint density at radius 2 is 1.93 bits per heavy atom. The number of hydrogen-bond donors (Lipinski definition) is 1. The van der Waals surface area contributed by atoms with E-state index in [9.17, 15) is 9.59 Å². The standard InChI is InChI=1S/C22H19N3O3/c1-15-4-6-16(7-5-15)14-25-19-11-18(8-9-20(19)28-22(25)27)21(26)24-13-17-3-2-10-23-12-17/h2-12H,13-14H2,1H3,(H,24,26). The van der Waals surface area contributed by atoms with Gasteiger partial charge in [-0.3, -0.25) is 14.3 Å². The van der Waals surface area contributed by atoms with Crippen molar-refractivity contribution in [3.63, 3.8) is 0 Å². The van der Waals surface area contributed by atoms with Crippen LogP contribution in [-0.4, -0.2) is 15.5 Å². The predicted octanol–water partition coefficient (Wildman–Crippen LogP) is 3.28. The lowest BCUT2D eigenvalue weighted by atomic mass is 10.1. The highest BCUT2D eigenvalue weighted by Gasteiger charge is 2.13. The predicted molar refractivity (Wildman–Crippen MR) is 106 cm³/mol. The number of nitrogens with zero attached hydrogens (tertiary/aromatic N) is 2. The molecule has 0 fully saturated rings. The molecular weight excluding hydrogens is 354 g/mol. The first-order chi connectivity index (χ1) is 13.6. The van der Waals surface area contributed by atoms with Crippen molar-refractivity contribution in [3.05, 3.63) is 99.8 Å². The molecule has 0 radical (unpaired) electrons. The molecule has 4 rings (SSSR count). The Morgan fingerprint density at radius 1 is 1.11 bits per heavy atom. The number of benzene rings is 2. The number of carbonyl (C=O) groups is 1. The molecule has 0 unspecified atom stereocenters. The molecule has 0 aliphatic heterocycles. The van der Waals surface area contributed by atoms with Crippen LogP contribution in [0.1, 0.15) is 27.0 Å². The molecule has 2 aromatic carbocycles. The van der Waals surface area contributed by atoms with Gasteiger partial charge >= 0.3 is 5.76 Å². The maximum absolute atomic E-state index is 12.5. The minimum absolute atomic E-state index is 0.221. The smallest absolute Gasteiger partial charge is 0.408 e. The van der Waals surface area contributed by atoms with Crippen molar-refractivity contribution >= 4 is 17.0 Å². The van der Waals surface area contributed by atoms with Gasteiger partial charge in [0.05, 0.1) is 12.1 Å². The van der Waals surface area contributed by atoms with Gasteiger partial charge in [0.15, 0.2) is 5.58 Å². The lowest BCUT2D eigenvalue weighted by Crippen LogP contribution is -2.23. The molecule has 2 aromatic heterocycles. The zero-order valence-electron chi connectivity index (χ0n) is 15.4. The number of fused-ring (bicyclic) bond motifs is 1. The van der Waals surface area contributed by atoms with Crippen molar-refractivity contribution in [2.24, 2.45) is 0 Å². The summed E-state index contributed by atoms with van der Waals surface area (Å²) in [5.41, 5.74) is 4.58. The zero-order chi connectivity index (χ0) is 19.5. The van der Waals surface area contributed by atoms with E-state index < -0.39 is 5.76 Å². The van der Waals surface area contributed by atoms with Crippen LogP contribution in [0.3, 0.4) is 0 Å². The minimum atomic E-state index is -0.441. The van der Waals surface area contributed by atoms with Gasteiger partial charge in [-0.2, -0.15) is 0 Å². The second-order valence-corrected chi connectivity index (χ2v) is 6.67. The quantitative estimate of drug-likeness (QED) is 0.582. The van der Waals surface area contributed by atoms with Crippen molar-refractivity contribution in [1.29, 1.82) is 0 Å². The number of nitrogens with one attached hydrogen (secondary N) is 1. The lowest BCUT2D eigenvalue weighted by Gasteiger charge is -2.06. The molecule has 4 aromatic rings. The number of oxazole rings is 1. The molecule has 0 saturated carbocycles. The average molecular weight is 373 g/mol. The van der Waals surface area contributed by atoms with Crippen LogP contribution in [0.25, 0.3) is 11.1 Å². The molecule has 0 atom stereocenters. The summed E-state index contributed by atoms with van der Waals surface area (Å²) in [5.74, 6) is -0.662. The molecule has 0 saturated heterocycles. The number of carbonyl (C=O) groups excluding carboxylic acids is 1. The van der Waals surface area contributed by atoms with E-state index >= 15 is 0 Å². The summed E-state index contributed by atoms with van der Waals surface area (Å²) in [5, 5.41) is 2.87. The Balaban J connectivity index is 1.59. The molecule has 140 valence electrons. The molecule has 6 nitrogen and oxygen atoms in total. The third-order valence-corrected chi connectivity index (χ3v) is 4.57. The third-order valence-electron chi connectivity index (χ3n) is 4.57. The van der Waals surface area contributed by atoms with Crippen molar-refractivity contribution in [3.8, 4) is 0 Å². The summed E-state index contributed by atoms with van der Waals surface area (Å²) >= 11 is 0. The van der Waals surface area contributed by atoms with Gasteiger partial charge < -0.3 is 9.73 Å². The summed E-state index contributed by atoms with van der Waals surface area (Å²) in [7, 11) is 0. The second-order valence-electron chi connectivity index (χ2n) is 6.67. The van der Waals surface area contributed by atoms with Gasteiger partial charge in [0, 0.05) is 24.5 Å². The first-order valence-electron chi connectivity index (χ1n) is 8.96. The number of hydrogen-bond acceptors (Lipinski definition) is 4. The molecule has 1 amide bonds. The van der Waals surface area contributed by atoms with Crippen LogP contribution in [0.5, 0.6) is 0 Å². The number of aryl methyl sites for hydroxylation is 1. The molecule has 0 spiro atoms. The summed E-state index contributed by atoms with van der Waals surface area (Å²) in [6, 6.07) is 16.7.